The number of hydrogen-bond donors (Lipinski definition) is 1. The Balaban J connectivity index is 3.27. The average Bonchev–Trinajstić information content (AvgIpc) is 2.15. The number of aliphatic hydroxyl groups excluding tert-OH is 1. The Hall–Kier alpha value is -0.810. The minimum atomic E-state index is -4.66. The highest BCUT2D eigenvalue weighted by atomic mass is 35.5. The quantitative estimate of drug-likeness (QED) is 0.789. The monoisotopic (exact) mass is 242 g/mol. The van der Waals surface area contributed by atoms with Gasteiger partial charge in [0.15, 0.2) is 0 Å². The zero-order chi connectivity index (χ0) is 11.6. The second kappa shape index (κ2) is 4.37. The first-order chi connectivity index (χ1) is 6.86. The maximum Gasteiger partial charge on any atom is 0.416 e. The molecule has 1 nitrogen and oxygen atoms in total. The molecule has 6 heteroatoms. The zero-order valence-corrected chi connectivity index (χ0v) is 8.11. The first-order valence-electron chi connectivity index (χ1n) is 3.97. The smallest absolute Gasteiger partial charge is 0.386 e. The van der Waals surface area contributed by atoms with E-state index < -0.39 is 30.1 Å². The Bertz CT molecular complexity index is 350. The van der Waals surface area contributed by atoms with Gasteiger partial charge in [-0.15, -0.1) is 0 Å². The largest absolute Gasteiger partial charge is 0.416 e. The third kappa shape index (κ3) is 2.82. The Morgan fingerprint density at radius 3 is 2.40 bits per heavy atom. The number of benzene rings is 1. The molecule has 1 N–H and O–H groups in total. The van der Waals surface area contributed by atoms with E-state index >= 15 is 0 Å². The SMILES string of the molecule is OC(CF)c1ccc(Cl)cc1C(F)(F)F. The lowest BCUT2D eigenvalue weighted by atomic mass is 10.0. The lowest BCUT2D eigenvalue weighted by Crippen LogP contribution is -2.13. The van der Waals surface area contributed by atoms with Crippen molar-refractivity contribution in [3.05, 3.63) is 34.3 Å². The fourth-order valence-corrected chi connectivity index (χ4v) is 1.32. The van der Waals surface area contributed by atoms with Gasteiger partial charge >= 0.3 is 6.18 Å². The van der Waals surface area contributed by atoms with Crippen LogP contribution < -0.4 is 0 Å². The van der Waals surface area contributed by atoms with E-state index in [1.165, 1.54) is 6.07 Å². The molecule has 0 aliphatic rings. The summed E-state index contributed by atoms with van der Waals surface area (Å²) in [6, 6.07) is 2.80. The van der Waals surface area contributed by atoms with E-state index in [0.717, 1.165) is 6.07 Å². The molecule has 0 heterocycles. The number of halogens is 5. The topological polar surface area (TPSA) is 20.2 Å². The van der Waals surface area contributed by atoms with E-state index in [-0.39, 0.29) is 5.02 Å². The fraction of sp³-hybridized carbons (Fsp3) is 0.333. The van der Waals surface area contributed by atoms with Crippen molar-refractivity contribution in [1.29, 1.82) is 0 Å². The van der Waals surface area contributed by atoms with E-state index in [0.29, 0.717) is 6.07 Å². The minimum absolute atomic E-state index is 0.114. The molecule has 0 fully saturated rings. The summed E-state index contributed by atoms with van der Waals surface area (Å²) < 4.78 is 49.4. The molecular formula is C9H7ClF4O. The maximum absolute atomic E-state index is 12.4. The van der Waals surface area contributed by atoms with Gasteiger partial charge in [-0.3, -0.25) is 0 Å². The third-order valence-electron chi connectivity index (χ3n) is 1.83. The summed E-state index contributed by atoms with van der Waals surface area (Å²) in [7, 11) is 0. The van der Waals surface area contributed by atoms with E-state index in [1.807, 2.05) is 0 Å². The summed E-state index contributed by atoms with van der Waals surface area (Å²) in [6.07, 6.45) is -6.44. The molecule has 1 rings (SSSR count). The fourth-order valence-electron chi connectivity index (χ4n) is 1.15. The van der Waals surface area contributed by atoms with Gasteiger partial charge in [-0.05, 0) is 17.7 Å². The van der Waals surface area contributed by atoms with Gasteiger partial charge in [0.05, 0.1) is 5.56 Å². The predicted molar refractivity (Wildman–Crippen MR) is 47.4 cm³/mol. The van der Waals surface area contributed by atoms with Crippen LogP contribution >= 0.6 is 11.6 Å². The van der Waals surface area contributed by atoms with Crippen LogP contribution in [0.1, 0.15) is 17.2 Å². The molecule has 0 aliphatic heterocycles. The molecule has 0 bridgehead atoms. The molecule has 0 amide bonds. The Morgan fingerprint density at radius 2 is 1.93 bits per heavy atom. The van der Waals surface area contributed by atoms with Gasteiger partial charge < -0.3 is 5.11 Å². The van der Waals surface area contributed by atoms with Crippen LogP contribution in [-0.4, -0.2) is 11.8 Å². The normalized spacial score (nSPS) is 14.0. The van der Waals surface area contributed by atoms with Gasteiger partial charge in [0.1, 0.15) is 12.8 Å². The van der Waals surface area contributed by atoms with Crippen LogP contribution in [0.15, 0.2) is 18.2 Å². The van der Waals surface area contributed by atoms with Crippen molar-refractivity contribution < 1.29 is 22.7 Å². The molecule has 1 aromatic carbocycles. The van der Waals surface area contributed by atoms with Gasteiger partial charge in [0.2, 0.25) is 0 Å². The molecule has 1 unspecified atom stereocenters. The van der Waals surface area contributed by atoms with Gasteiger partial charge in [0, 0.05) is 5.02 Å². The van der Waals surface area contributed by atoms with Crippen LogP contribution in [0.2, 0.25) is 5.02 Å². The maximum atomic E-state index is 12.4. The van der Waals surface area contributed by atoms with Crippen LogP contribution in [-0.2, 0) is 6.18 Å². The summed E-state index contributed by atoms with van der Waals surface area (Å²) in [5, 5.41) is 8.93. The van der Waals surface area contributed by atoms with E-state index in [1.54, 1.807) is 0 Å². The van der Waals surface area contributed by atoms with Crippen molar-refractivity contribution in [2.24, 2.45) is 0 Å². The van der Waals surface area contributed by atoms with Gasteiger partial charge in [-0.2, -0.15) is 13.2 Å². The predicted octanol–water partition coefficient (Wildman–Crippen LogP) is 3.36. The molecule has 0 aliphatic carbocycles. The lowest BCUT2D eigenvalue weighted by Gasteiger charge is -2.15. The first-order valence-corrected chi connectivity index (χ1v) is 4.34. The minimum Gasteiger partial charge on any atom is -0.386 e. The summed E-state index contributed by atoms with van der Waals surface area (Å²) in [5.74, 6) is 0. The average molecular weight is 243 g/mol. The van der Waals surface area contributed by atoms with E-state index in [4.69, 9.17) is 16.7 Å². The Kier molecular flexibility index (Phi) is 3.57. The number of rotatable bonds is 2. The molecule has 0 aromatic heterocycles. The van der Waals surface area contributed by atoms with Crippen molar-refractivity contribution in [2.75, 3.05) is 6.67 Å². The summed E-state index contributed by atoms with van der Waals surface area (Å²) in [6.45, 7) is -1.27. The van der Waals surface area contributed by atoms with Crippen LogP contribution in [0.3, 0.4) is 0 Å². The number of alkyl halides is 4. The van der Waals surface area contributed by atoms with Gasteiger partial charge in [-0.1, -0.05) is 17.7 Å². The molecule has 0 radical (unpaired) electrons. The van der Waals surface area contributed by atoms with Crippen LogP contribution in [0, 0.1) is 0 Å². The van der Waals surface area contributed by atoms with Crippen molar-refractivity contribution in [2.45, 2.75) is 12.3 Å². The molecule has 0 saturated heterocycles. The molecule has 0 spiro atoms. The van der Waals surface area contributed by atoms with Crippen LogP contribution in [0.5, 0.6) is 0 Å². The standard InChI is InChI=1S/C9H7ClF4O/c10-5-1-2-6(8(15)4-11)7(3-5)9(12,13)14/h1-3,8,15H,4H2. The second-order valence-corrected chi connectivity index (χ2v) is 3.34. The molecular weight excluding hydrogens is 236 g/mol. The highest BCUT2D eigenvalue weighted by molar-refractivity contribution is 6.30. The molecule has 1 atom stereocenters. The van der Waals surface area contributed by atoms with Crippen LogP contribution in [0.4, 0.5) is 17.6 Å². The molecule has 84 valence electrons. The second-order valence-electron chi connectivity index (χ2n) is 2.90. The van der Waals surface area contributed by atoms with Gasteiger partial charge in [-0.25, -0.2) is 4.39 Å². The molecule has 0 saturated carbocycles. The van der Waals surface area contributed by atoms with E-state index in [9.17, 15) is 17.6 Å². The highest BCUT2D eigenvalue weighted by Gasteiger charge is 2.35. The molecule has 15 heavy (non-hydrogen) atoms. The number of aliphatic hydroxyl groups is 1. The summed E-state index contributed by atoms with van der Waals surface area (Å²) in [4.78, 5) is 0. The summed E-state index contributed by atoms with van der Waals surface area (Å²) >= 11 is 5.40. The van der Waals surface area contributed by atoms with Crippen molar-refractivity contribution in [3.8, 4) is 0 Å². The zero-order valence-electron chi connectivity index (χ0n) is 7.35. The highest BCUT2D eigenvalue weighted by Crippen LogP contribution is 2.36. The van der Waals surface area contributed by atoms with Crippen molar-refractivity contribution in [1.82, 2.24) is 0 Å². The Morgan fingerprint density at radius 1 is 1.33 bits per heavy atom. The number of hydrogen-bond acceptors (Lipinski definition) is 1. The Labute approximate surface area is 88.3 Å². The lowest BCUT2D eigenvalue weighted by molar-refractivity contribution is -0.139. The third-order valence-corrected chi connectivity index (χ3v) is 2.06. The summed E-state index contributed by atoms with van der Waals surface area (Å²) in [5.41, 5.74) is -1.62. The first kappa shape index (κ1) is 12.3. The van der Waals surface area contributed by atoms with E-state index in [2.05, 4.69) is 0 Å². The molecule has 1 aromatic rings. The van der Waals surface area contributed by atoms with Crippen molar-refractivity contribution >= 4 is 11.6 Å². The van der Waals surface area contributed by atoms with Crippen LogP contribution in [0.25, 0.3) is 0 Å². The van der Waals surface area contributed by atoms with Gasteiger partial charge in [0.25, 0.3) is 0 Å². The van der Waals surface area contributed by atoms with Crippen molar-refractivity contribution in [3.63, 3.8) is 0 Å².